The highest BCUT2D eigenvalue weighted by Gasteiger charge is 2.10. The van der Waals surface area contributed by atoms with E-state index < -0.39 is 0 Å². The molecule has 1 atom stereocenters. The second kappa shape index (κ2) is 5.03. The fourth-order valence-corrected chi connectivity index (χ4v) is 1.29. The molecular weight excluding hydrogens is 204 g/mol. The van der Waals surface area contributed by atoms with Crippen molar-refractivity contribution in [1.82, 2.24) is 5.32 Å². The third-order valence-corrected chi connectivity index (χ3v) is 2.19. The van der Waals surface area contributed by atoms with Crippen LogP contribution in [-0.4, -0.2) is 19.0 Å². The Hall–Kier alpha value is -2.22. The molecule has 0 bridgehead atoms. The number of nitrogen functional groups attached to an aromatic ring is 1. The van der Waals surface area contributed by atoms with Gasteiger partial charge >= 0.3 is 0 Å². The number of carbonyl (C=O) groups is 1. The number of nitrogens with zero attached hydrogens (tertiary/aromatic N) is 1. The average molecular weight is 218 g/mol. The van der Waals surface area contributed by atoms with Crippen molar-refractivity contribution in [3.05, 3.63) is 23.8 Å². The molecule has 0 aromatic heterocycles. The number of hydrogen-bond acceptors (Lipinski definition) is 4. The van der Waals surface area contributed by atoms with Crippen LogP contribution in [0.3, 0.4) is 0 Å². The van der Waals surface area contributed by atoms with E-state index >= 15 is 0 Å². The minimum Gasteiger partial charge on any atom is -0.398 e. The monoisotopic (exact) mass is 218 g/mol. The van der Waals surface area contributed by atoms with Crippen LogP contribution < -0.4 is 16.4 Å². The number of nitriles is 1. The summed E-state index contributed by atoms with van der Waals surface area (Å²) in [4.78, 5) is 11.3. The molecule has 1 unspecified atom stereocenters. The van der Waals surface area contributed by atoms with Crippen LogP contribution in [0.4, 0.5) is 11.4 Å². The summed E-state index contributed by atoms with van der Waals surface area (Å²) < 4.78 is 0. The fourth-order valence-electron chi connectivity index (χ4n) is 1.29. The molecule has 0 heterocycles. The standard InChI is InChI=1S/C11H14N4O/c1-7(11(16)14-2)15-9-4-3-8(6-12)10(13)5-9/h3-5,7,15H,13H2,1-2H3,(H,14,16). The van der Waals surface area contributed by atoms with Gasteiger partial charge in [0.15, 0.2) is 0 Å². The molecule has 1 rings (SSSR count). The topological polar surface area (TPSA) is 90.9 Å². The van der Waals surface area contributed by atoms with Gasteiger partial charge in [0.25, 0.3) is 0 Å². The lowest BCUT2D eigenvalue weighted by Gasteiger charge is -2.14. The quantitative estimate of drug-likeness (QED) is 0.651. The Kier molecular flexibility index (Phi) is 3.72. The van der Waals surface area contributed by atoms with Gasteiger partial charge in [0, 0.05) is 12.7 Å². The molecule has 1 amide bonds. The summed E-state index contributed by atoms with van der Waals surface area (Å²) in [6.45, 7) is 1.74. The van der Waals surface area contributed by atoms with Crippen molar-refractivity contribution in [2.75, 3.05) is 18.1 Å². The number of likely N-dealkylation sites (N-methyl/N-ethyl adjacent to an activating group) is 1. The van der Waals surface area contributed by atoms with Crippen LogP contribution in [-0.2, 0) is 4.79 Å². The zero-order valence-electron chi connectivity index (χ0n) is 9.24. The summed E-state index contributed by atoms with van der Waals surface area (Å²) >= 11 is 0. The van der Waals surface area contributed by atoms with Crippen molar-refractivity contribution in [3.63, 3.8) is 0 Å². The average Bonchev–Trinajstić information content (AvgIpc) is 2.28. The van der Waals surface area contributed by atoms with Crippen LogP contribution in [0.2, 0.25) is 0 Å². The van der Waals surface area contributed by atoms with Crippen molar-refractivity contribution in [2.45, 2.75) is 13.0 Å². The highest BCUT2D eigenvalue weighted by Crippen LogP contribution is 2.17. The van der Waals surface area contributed by atoms with E-state index in [1.54, 1.807) is 32.2 Å². The Bertz CT molecular complexity index is 436. The van der Waals surface area contributed by atoms with Crippen molar-refractivity contribution < 1.29 is 4.79 Å². The SMILES string of the molecule is CNC(=O)C(C)Nc1ccc(C#N)c(N)c1. The summed E-state index contributed by atoms with van der Waals surface area (Å²) in [5.41, 5.74) is 7.20. The molecule has 0 aliphatic rings. The Balaban J connectivity index is 2.80. The first-order chi connectivity index (χ1) is 7.58. The van der Waals surface area contributed by atoms with Gasteiger partial charge < -0.3 is 16.4 Å². The first-order valence-corrected chi connectivity index (χ1v) is 4.86. The maximum atomic E-state index is 11.3. The third-order valence-electron chi connectivity index (χ3n) is 2.19. The molecule has 5 heteroatoms. The summed E-state index contributed by atoms with van der Waals surface area (Å²) in [7, 11) is 1.58. The van der Waals surface area contributed by atoms with Crippen molar-refractivity contribution in [3.8, 4) is 6.07 Å². The van der Waals surface area contributed by atoms with Crippen LogP contribution in [0, 0.1) is 11.3 Å². The van der Waals surface area contributed by atoms with E-state index in [0.717, 1.165) is 0 Å². The first kappa shape index (κ1) is 11.9. The van der Waals surface area contributed by atoms with Crippen LogP contribution in [0.1, 0.15) is 12.5 Å². The summed E-state index contributed by atoms with van der Waals surface area (Å²) in [6, 6.07) is 6.60. The molecule has 4 N–H and O–H groups in total. The molecular formula is C11H14N4O. The predicted molar refractivity (Wildman–Crippen MR) is 62.7 cm³/mol. The first-order valence-electron chi connectivity index (χ1n) is 4.86. The van der Waals surface area contributed by atoms with Gasteiger partial charge in [-0.05, 0) is 25.1 Å². The molecule has 5 nitrogen and oxygen atoms in total. The molecule has 0 saturated carbocycles. The van der Waals surface area contributed by atoms with Crippen LogP contribution in [0.25, 0.3) is 0 Å². The van der Waals surface area contributed by atoms with E-state index in [0.29, 0.717) is 16.9 Å². The molecule has 0 radical (unpaired) electrons. The summed E-state index contributed by atoms with van der Waals surface area (Å²) in [6.07, 6.45) is 0. The van der Waals surface area contributed by atoms with Gasteiger partial charge in [-0.2, -0.15) is 5.26 Å². The maximum absolute atomic E-state index is 11.3. The molecule has 0 fully saturated rings. The Morgan fingerprint density at radius 2 is 2.25 bits per heavy atom. The molecule has 0 saturated heterocycles. The van der Waals surface area contributed by atoms with Gasteiger partial charge in [0.05, 0.1) is 11.3 Å². The number of hydrogen-bond donors (Lipinski definition) is 3. The molecule has 0 spiro atoms. The lowest BCUT2D eigenvalue weighted by Crippen LogP contribution is -2.35. The van der Waals surface area contributed by atoms with Crippen LogP contribution in [0.5, 0.6) is 0 Å². The highest BCUT2D eigenvalue weighted by atomic mass is 16.2. The zero-order valence-corrected chi connectivity index (χ0v) is 9.24. The van der Waals surface area contributed by atoms with Crippen LogP contribution in [0.15, 0.2) is 18.2 Å². The second-order valence-electron chi connectivity index (χ2n) is 3.39. The van der Waals surface area contributed by atoms with Gasteiger partial charge in [-0.3, -0.25) is 4.79 Å². The highest BCUT2D eigenvalue weighted by molar-refractivity contribution is 5.84. The van der Waals surface area contributed by atoms with Crippen LogP contribution >= 0.6 is 0 Å². The van der Waals surface area contributed by atoms with E-state index in [1.807, 2.05) is 6.07 Å². The molecule has 1 aromatic rings. The van der Waals surface area contributed by atoms with Gasteiger partial charge in [-0.25, -0.2) is 0 Å². The summed E-state index contributed by atoms with van der Waals surface area (Å²) in [5, 5.41) is 14.2. The molecule has 84 valence electrons. The van der Waals surface area contributed by atoms with E-state index in [1.165, 1.54) is 0 Å². The third kappa shape index (κ3) is 2.64. The van der Waals surface area contributed by atoms with Gasteiger partial charge in [0.2, 0.25) is 5.91 Å². The number of nitrogens with one attached hydrogen (secondary N) is 2. The van der Waals surface area contributed by atoms with E-state index in [4.69, 9.17) is 11.0 Å². The number of carbonyl (C=O) groups excluding carboxylic acids is 1. The van der Waals surface area contributed by atoms with Crippen molar-refractivity contribution in [2.24, 2.45) is 0 Å². The maximum Gasteiger partial charge on any atom is 0.241 e. The number of benzene rings is 1. The molecule has 0 aliphatic carbocycles. The molecule has 1 aromatic carbocycles. The second-order valence-corrected chi connectivity index (χ2v) is 3.39. The van der Waals surface area contributed by atoms with Crippen molar-refractivity contribution >= 4 is 17.3 Å². The largest absolute Gasteiger partial charge is 0.398 e. The minimum absolute atomic E-state index is 0.108. The lowest BCUT2D eigenvalue weighted by molar-refractivity contribution is -0.121. The molecule has 0 aliphatic heterocycles. The number of amides is 1. The van der Waals surface area contributed by atoms with E-state index in [2.05, 4.69) is 10.6 Å². The fraction of sp³-hybridized carbons (Fsp3) is 0.273. The predicted octanol–water partition coefficient (Wildman–Crippen LogP) is 0.687. The Morgan fingerprint density at radius 3 is 2.75 bits per heavy atom. The smallest absolute Gasteiger partial charge is 0.241 e. The van der Waals surface area contributed by atoms with Gasteiger partial charge in [-0.15, -0.1) is 0 Å². The van der Waals surface area contributed by atoms with Crippen molar-refractivity contribution in [1.29, 1.82) is 5.26 Å². The minimum atomic E-state index is -0.350. The summed E-state index contributed by atoms with van der Waals surface area (Å²) in [5.74, 6) is -0.108. The number of anilines is 2. The van der Waals surface area contributed by atoms with E-state index in [9.17, 15) is 4.79 Å². The molecule has 16 heavy (non-hydrogen) atoms. The number of rotatable bonds is 3. The van der Waals surface area contributed by atoms with Gasteiger partial charge in [-0.1, -0.05) is 0 Å². The zero-order chi connectivity index (χ0) is 12.1. The lowest BCUT2D eigenvalue weighted by atomic mass is 10.1. The number of nitrogens with two attached hydrogens (primary N) is 1. The van der Waals surface area contributed by atoms with E-state index in [-0.39, 0.29) is 11.9 Å². The Morgan fingerprint density at radius 1 is 1.56 bits per heavy atom. The normalized spacial score (nSPS) is 11.3. The van der Waals surface area contributed by atoms with Gasteiger partial charge in [0.1, 0.15) is 12.1 Å². The Labute approximate surface area is 94.2 Å².